The molecule has 3 heteroatoms. The molecule has 0 N–H and O–H groups in total. The molecule has 0 aliphatic rings. The van der Waals surface area contributed by atoms with Crippen molar-refractivity contribution in [3.8, 4) is 5.69 Å². The van der Waals surface area contributed by atoms with E-state index in [0.29, 0.717) is 10.8 Å². The zero-order valence-electron chi connectivity index (χ0n) is 9.14. The average Bonchev–Trinajstić information content (AvgIpc) is 2.56. The Kier molecular flexibility index (Phi) is 2.77. The van der Waals surface area contributed by atoms with Gasteiger partial charge in [-0.25, -0.2) is 9.36 Å². The SMILES string of the molecule is C=c1/c(=C/CC)oc(=O)n1-c1ccccc1. The second-order valence-electron chi connectivity index (χ2n) is 3.46. The number of hydrogen-bond donors (Lipinski definition) is 0. The molecule has 0 aliphatic heterocycles. The lowest BCUT2D eigenvalue weighted by atomic mass is 10.3. The maximum Gasteiger partial charge on any atom is 0.424 e. The van der Waals surface area contributed by atoms with E-state index in [1.54, 1.807) is 0 Å². The number of nitrogens with zero attached hydrogens (tertiary/aromatic N) is 1. The van der Waals surface area contributed by atoms with Crippen LogP contribution in [0.2, 0.25) is 0 Å². The summed E-state index contributed by atoms with van der Waals surface area (Å²) in [7, 11) is 0. The summed E-state index contributed by atoms with van der Waals surface area (Å²) in [5.41, 5.74) is 1.33. The molecule has 1 aromatic heterocycles. The maximum absolute atomic E-state index is 11.7. The minimum atomic E-state index is -0.393. The lowest BCUT2D eigenvalue weighted by molar-refractivity contribution is 0.476. The Morgan fingerprint density at radius 2 is 2.06 bits per heavy atom. The van der Waals surface area contributed by atoms with Gasteiger partial charge in [0.15, 0.2) is 5.42 Å². The highest BCUT2D eigenvalue weighted by Gasteiger charge is 2.04. The largest absolute Gasteiger partial charge is 0.424 e. The Morgan fingerprint density at radius 3 is 2.69 bits per heavy atom. The maximum atomic E-state index is 11.7. The molecule has 0 atom stereocenters. The predicted octanol–water partition coefficient (Wildman–Crippen LogP) is 1.03. The minimum absolute atomic E-state index is 0.393. The molecular weight excluding hydrogens is 202 g/mol. The molecule has 1 heterocycles. The zero-order valence-corrected chi connectivity index (χ0v) is 9.14. The number of benzene rings is 1. The first kappa shape index (κ1) is 10.5. The van der Waals surface area contributed by atoms with Gasteiger partial charge >= 0.3 is 5.76 Å². The highest BCUT2D eigenvalue weighted by Crippen LogP contribution is 1.99. The first-order chi connectivity index (χ1) is 7.74. The quantitative estimate of drug-likeness (QED) is 0.750. The van der Waals surface area contributed by atoms with Crippen molar-refractivity contribution in [1.29, 1.82) is 0 Å². The normalized spacial score (nSPS) is 11.9. The van der Waals surface area contributed by atoms with E-state index in [9.17, 15) is 4.79 Å². The Hall–Kier alpha value is -2.03. The van der Waals surface area contributed by atoms with Gasteiger partial charge in [0.1, 0.15) is 0 Å². The van der Waals surface area contributed by atoms with Gasteiger partial charge in [0.25, 0.3) is 0 Å². The molecule has 0 aliphatic carbocycles. The summed E-state index contributed by atoms with van der Waals surface area (Å²) in [4.78, 5) is 11.7. The smallest absolute Gasteiger partial charge is 0.408 e. The lowest BCUT2D eigenvalue weighted by Crippen LogP contribution is -2.29. The minimum Gasteiger partial charge on any atom is -0.408 e. The molecule has 2 aromatic rings. The van der Waals surface area contributed by atoms with E-state index in [1.165, 1.54) is 4.57 Å². The van der Waals surface area contributed by atoms with E-state index in [0.717, 1.165) is 12.1 Å². The summed E-state index contributed by atoms with van der Waals surface area (Å²) >= 11 is 0. The molecule has 0 spiro atoms. The van der Waals surface area contributed by atoms with Gasteiger partial charge in [-0.15, -0.1) is 0 Å². The van der Waals surface area contributed by atoms with Crippen LogP contribution >= 0.6 is 0 Å². The highest BCUT2D eigenvalue weighted by molar-refractivity contribution is 5.32. The molecule has 0 bridgehead atoms. The number of aromatic nitrogens is 1. The molecule has 0 fully saturated rings. The van der Waals surface area contributed by atoms with Crippen LogP contribution in [0.3, 0.4) is 0 Å². The van der Waals surface area contributed by atoms with Crippen molar-refractivity contribution in [3.63, 3.8) is 0 Å². The third-order valence-electron chi connectivity index (χ3n) is 2.34. The zero-order chi connectivity index (χ0) is 11.5. The van der Waals surface area contributed by atoms with Gasteiger partial charge < -0.3 is 4.42 Å². The van der Waals surface area contributed by atoms with E-state index in [1.807, 2.05) is 43.3 Å². The molecule has 3 nitrogen and oxygen atoms in total. The Morgan fingerprint density at radius 1 is 1.38 bits per heavy atom. The third kappa shape index (κ3) is 1.72. The molecule has 16 heavy (non-hydrogen) atoms. The van der Waals surface area contributed by atoms with Gasteiger partial charge in [0.05, 0.1) is 11.0 Å². The fourth-order valence-electron chi connectivity index (χ4n) is 1.60. The molecular formula is C13H13NO2. The topological polar surface area (TPSA) is 35.1 Å². The van der Waals surface area contributed by atoms with E-state index in [-0.39, 0.29) is 0 Å². The highest BCUT2D eigenvalue weighted by atomic mass is 16.4. The van der Waals surface area contributed by atoms with Gasteiger partial charge in [-0.2, -0.15) is 0 Å². The summed E-state index contributed by atoms with van der Waals surface area (Å²) in [5.74, 6) is -0.393. The number of rotatable bonds is 2. The molecule has 0 radical (unpaired) electrons. The van der Waals surface area contributed by atoms with Crippen molar-refractivity contribution < 1.29 is 4.42 Å². The summed E-state index contributed by atoms with van der Waals surface area (Å²) < 4.78 is 6.60. The van der Waals surface area contributed by atoms with Crippen molar-refractivity contribution in [1.82, 2.24) is 4.57 Å². The molecule has 2 rings (SSSR count). The fourth-order valence-corrected chi connectivity index (χ4v) is 1.60. The van der Waals surface area contributed by atoms with Gasteiger partial charge in [0.2, 0.25) is 0 Å². The third-order valence-corrected chi connectivity index (χ3v) is 2.34. The number of oxazole rings is 1. The monoisotopic (exact) mass is 215 g/mol. The number of hydrogen-bond acceptors (Lipinski definition) is 2. The molecule has 0 saturated carbocycles. The van der Waals surface area contributed by atoms with Crippen molar-refractivity contribution >= 4 is 12.7 Å². The number of para-hydroxylation sites is 1. The van der Waals surface area contributed by atoms with E-state index in [4.69, 9.17) is 4.42 Å². The van der Waals surface area contributed by atoms with Crippen LogP contribution in [0.25, 0.3) is 18.3 Å². The molecule has 0 saturated heterocycles. The lowest BCUT2D eigenvalue weighted by Gasteiger charge is -1.97. The molecule has 0 unspecified atom stereocenters. The standard InChI is InChI=1S/C13H13NO2/c1-3-7-12-10(2)14(13(15)16-12)11-8-5-4-6-9-11/h4-9H,2-3H2,1H3/b12-7-. The predicted molar refractivity (Wildman–Crippen MR) is 63.8 cm³/mol. The van der Waals surface area contributed by atoms with Crippen LogP contribution in [0.15, 0.2) is 39.5 Å². The van der Waals surface area contributed by atoms with Gasteiger partial charge in [-0.3, -0.25) is 0 Å². The molecule has 82 valence electrons. The Bertz CT molecular complexity index is 635. The summed E-state index contributed by atoms with van der Waals surface area (Å²) in [6.07, 6.45) is 2.66. The van der Waals surface area contributed by atoms with Crippen molar-refractivity contribution in [2.75, 3.05) is 0 Å². The van der Waals surface area contributed by atoms with E-state index in [2.05, 4.69) is 6.58 Å². The van der Waals surface area contributed by atoms with Crippen LogP contribution in [0, 0.1) is 0 Å². The van der Waals surface area contributed by atoms with Crippen molar-refractivity contribution in [3.05, 3.63) is 51.6 Å². The Balaban J connectivity index is 2.73. The first-order valence-corrected chi connectivity index (χ1v) is 5.20. The second kappa shape index (κ2) is 4.23. The summed E-state index contributed by atoms with van der Waals surface area (Å²) in [6.45, 7) is 5.86. The molecule has 0 amide bonds. The van der Waals surface area contributed by atoms with Crippen LogP contribution in [0.4, 0.5) is 0 Å². The van der Waals surface area contributed by atoms with Gasteiger partial charge in [-0.05, 0) is 24.6 Å². The van der Waals surface area contributed by atoms with Crippen LogP contribution in [0.1, 0.15) is 13.3 Å². The van der Waals surface area contributed by atoms with Crippen LogP contribution in [0.5, 0.6) is 0 Å². The summed E-state index contributed by atoms with van der Waals surface area (Å²) in [5, 5.41) is 0.595. The second-order valence-corrected chi connectivity index (χ2v) is 3.46. The molecule has 1 aromatic carbocycles. The first-order valence-electron chi connectivity index (χ1n) is 5.20. The Labute approximate surface area is 93.0 Å². The summed E-state index contributed by atoms with van der Waals surface area (Å²) in [6, 6.07) is 9.34. The van der Waals surface area contributed by atoms with Crippen LogP contribution in [-0.4, -0.2) is 4.57 Å². The van der Waals surface area contributed by atoms with Gasteiger partial charge in [0, 0.05) is 0 Å². The average molecular weight is 215 g/mol. The van der Waals surface area contributed by atoms with Crippen molar-refractivity contribution in [2.24, 2.45) is 0 Å². The van der Waals surface area contributed by atoms with E-state index < -0.39 is 5.76 Å². The van der Waals surface area contributed by atoms with E-state index >= 15 is 0 Å². The van der Waals surface area contributed by atoms with Crippen LogP contribution in [-0.2, 0) is 0 Å². The fraction of sp³-hybridized carbons (Fsp3) is 0.154. The van der Waals surface area contributed by atoms with Gasteiger partial charge in [-0.1, -0.05) is 31.7 Å². The van der Waals surface area contributed by atoms with Crippen LogP contribution < -0.4 is 16.5 Å². The van der Waals surface area contributed by atoms with Crippen molar-refractivity contribution in [2.45, 2.75) is 13.3 Å².